The number of phenols is 1. The Hall–Kier alpha value is -3.38. The van der Waals surface area contributed by atoms with Crippen molar-refractivity contribution in [1.82, 2.24) is 14.7 Å². The number of fused-ring (bicyclic) bond motifs is 1. The lowest BCUT2D eigenvalue weighted by Gasteiger charge is -2.26. The van der Waals surface area contributed by atoms with Gasteiger partial charge in [0.15, 0.2) is 0 Å². The number of thiophene rings is 1. The molecule has 0 bridgehead atoms. The normalized spacial score (nSPS) is 14.1. The Morgan fingerprint density at radius 3 is 2.61 bits per heavy atom. The SMILES string of the molecule is Cc1nn(Cc2ccccc2)c2sc(C(=O)N3CC=C(c4ccc(O)cc4)CC3)cc12. The van der Waals surface area contributed by atoms with E-state index in [0.29, 0.717) is 19.6 Å². The van der Waals surface area contributed by atoms with E-state index in [9.17, 15) is 9.90 Å². The summed E-state index contributed by atoms with van der Waals surface area (Å²) in [5.74, 6) is 0.343. The lowest BCUT2D eigenvalue weighted by atomic mass is 9.99. The van der Waals surface area contributed by atoms with Crippen LogP contribution in [0.1, 0.15) is 32.9 Å². The molecule has 5 rings (SSSR count). The molecule has 2 aromatic carbocycles. The first-order valence-corrected chi connectivity index (χ1v) is 11.2. The molecule has 5 nitrogen and oxygen atoms in total. The van der Waals surface area contributed by atoms with E-state index in [2.05, 4.69) is 23.3 Å². The van der Waals surface area contributed by atoms with Gasteiger partial charge in [0.25, 0.3) is 5.91 Å². The molecule has 2 aromatic heterocycles. The minimum atomic E-state index is 0.0767. The van der Waals surface area contributed by atoms with Gasteiger partial charge in [-0.05, 0) is 48.2 Å². The molecule has 0 saturated carbocycles. The highest BCUT2D eigenvalue weighted by Crippen LogP contribution is 2.31. The molecule has 3 heterocycles. The zero-order valence-electron chi connectivity index (χ0n) is 17.3. The van der Waals surface area contributed by atoms with Crippen LogP contribution in [-0.2, 0) is 6.54 Å². The number of carbonyl (C=O) groups is 1. The largest absolute Gasteiger partial charge is 0.508 e. The summed E-state index contributed by atoms with van der Waals surface area (Å²) in [6.45, 7) is 3.98. The fraction of sp³-hybridized carbons (Fsp3) is 0.200. The summed E-state index contributed by atoms with van der Waals surface area (Å²) in [4.78, 5) is 16.9. The van der Waals surface area contributed by atoms with E-state index in [1.807, 2.05) is 52.9 Å². The number of aryl methyl sites for hydroxylation is 1. The summed E-state index contributed by atoms with van der Waals surface area (Å²) in [7, 11) is 0. The van der Waals surface area contributed by atoms with Crippen LogP contribution < -0.4 is 0 Å². The van der Waals surface area contributed by atoms with Crippen molar-refractivity contribution in [3.8, 4) is 5.75 Å². The van der Waals surface area contributed by atoms with Gasteiger partial charge in [-0.15, -0.1) is 11.3 Å². The molecule has 1 N–H and O–H groups in total. The van der Waals surface area contributed by atoms with Crippen molar-refractivity contribution in [2.75, 3.05) is 13.1 Å². The molecule has 6 heteroatoms. The number of hydrogen-bond donors (Lipinski definition) is 1. The highest BCUT2D eigenvalue weighted by molar-refractivity contribution is 7.20. The van der Waals surface area contributed by atoms with Crippen LogP contribution in [0.4, 0.5) is 0 Å². The van der Waals surface area contributed by atoms with Gasteiger partial charge < -0.3 is 10.0 Å². The smallest absolute Gasteiger partial charge is 0.264 e. The molecule has 0 fully saturated rings. The third-order valence-corrected chi connectivity index (χ3v) is 6.86. The van der Waals surface area contributed by atoms with Crippen molar-refractivity contribution in [2.45, 2.75) is 19.9 Å². The first-order chi connectivity index (χ1) is 15.1. The van der Waals surface area contributed by atoms with Crippen LogP contribution in [0.3, 0.4) is 0 Å². The molecule has 0 radical (unpaired) electrons. The molecule has 156 valence electrons. The number of nitrogens with zero attached hydrogens (tertiary/aromatic N) is 3. The molecule has 0 aliphatic carbocycles. The highest BCUT2D eigenvalue weighted by Gasteiger charge is 2.23. The molecule has 1 aliphatic rings. The molecule has 31 heavy (non-hydrogen) atoms. The van der Waals surface area contributed by atoms with Crippen molar-refractivity contribution < 1.29 is 9.90 Å². The Kier molecular flexibility index (Phi) is 5.08. The molecule has 1 amide bonds. The summed E-state index contributed by atoms with van der Waals surface area (Å²) in [5, 5.41) is 15.2. The van der Waals surface area contributed by atoms with E-state index in [4.69, 9.17) is 0 Å². The number of aromatic hydroxyl groups is 1. The van der Waals surface area contributed by atoms with Crippen LogP contribution in [0, 0.1) is 6.92 Å². The van der Waals surface area contributed by atoms with Crippen LogP contribution in [0.25, 0.3) is 15.8 Å². The number of amides is 1. The Bertz CT molecular complexity index is 1270. The van der Waals surface area contributed by atoms with Gasteiger partial charge in [0, 0.05) is 18.5 Å². The number of carbonyl (C=O) groups excluding carboxylic acids is 1. The van der Waals surface area contributed by atoms with Gasteiger partial charge in [0.05, 0.1) is 17.1 Å². The topological polar surface area (TPSA) is 58.4 Å². The van der Waals surface area contributed by atoms with Gasteiger partial charge in [-0.2, -0.15) is 5.10 Å². The van der Waals surface area contributed by atoms with Crippen molar-refractivity contribution in [3.63, 3.8) is 0 Å². The van der Waals surface area contributed by atoms with Crippen LogP contribution >= 0.6 is 11.3 Å². The molecular formula is C25H23N3O2S. The van der Waals surface area contributed by atoms with Crippen LogP contribution in [0.2, 0.25) is 0 Å². The van der Waals surface area contributed by atoms with Gasteiger partial charge in [0.1, 0.15) is 10.6 Å². The van der Waals surface area contributed by atoms with Crippen molar-refractivity contribution in [3.05, 3.63) is 88.4 Å². The van der Waals surface area contributed by atoms with E-state index in [0.717, 1.165) is 32.8 Å². The van der Waals surface area contributed by atoms with Gasteiger partial charge in [-0.1, -0.05) is 48.5 Å². The lowest BCUT2D eigenvalue weighted by Crippen LogP contribution is -2.34. The maximum absolute atomic E-state index is 13.2. The second kappa shape index (κ2) is 8.04. The standard InChI is InChI=1S/C25H23N3O2S/c1-17-22-15-23(31-25(22)28(26-17)16-18-5-3-2-4-6-18)24(30)27-13-11-20(12-14-27)19-7-9-21(29)10-8-19/h2-11,15,29H,12-14,16H2,1H3. The lowest BCUT2D eigenvalue weighted by molar-refractivity contribution is 0.0778. The van der Waals surface area contributed by atoms with Crippen LogP contribution in [-0.4, -0.2) is 38.8 Å². The second-order valence-corrected chi connectivity index (χ2v) is 8.87. The molecule has 0 spiro atoms. The quantitative estimate of drug-likeness (QED) is 0.492. The number of hydrogen-bond acceptors (Lipinski definition) is 4. The Morgan fingerprint density at radius 2 is 1.90 bits per heavy atom. The minimum Gasteiger partial charge on any atom is -0.508 e. The van der Waals surface area contributed by atoms with E-state index in [1.54, 1.807) is 12.1 Å². The van der Waals surface area contributed by atoms with Crippen molar-refractivity contribution in [1.29, 1.82) is 0 Å². The summed E-state index contributed by atoms with van der Waals surface area (Å²) in [6.07, 6.45) is 2.92. The Labute approximate surface area is 184 Å². The zero-order chi connectivity index (χ0) is 21.4. The summed E-state index contributed by atoms with van der Waals surface area (Å²) >= 11 is 1.53. The maximum atomic E-state index is 13.2. The van der Waals surface area contributed by atoms with Crippen LogP contribution in [0.5, 0.6) is 5.75 Å². The molecule has 4 aromatic rings. The Morgan fingerprint density at radius 1 is 1.13 bits per heavy atom. The summed E-state index contributed by atoms with van der Waals surface area (Å²) in [5.41, 5.74) is 4.46. The molecule has 1 aliphatic heterocycles. The first kappa shape index (κ1) is 19.6. The van der Waals surface area contributed by atoms with E-state index < -0.39 is 0 Å². The number of aromatic nitrogens is 2. The fourth-order valence-electron chi connectivity index (χ4n) is 4.03. The molecule has 0 saturated heterocycles. The molecular weight excluding hydrogens is 406 g/mol. The third kappa shape index (κ3) is 3.86. The van der Waals surface area contributed by atoms with Crippen molar-refractivity contribution >= 4 is 33.0 Å². The van der Waals surface area contributed by atoms with Gasteiger partial charge >= 0.3 is 0 Å². The minimum absolute atomic E-state index is 0.0767. The van der Waals surface area contributed by atoms with E-state index >= 15 is 0 Å². The van der Waals surface area contributed by atoms with E-state index in [-0.39, 0.29) is 11.7 Å². The molecule has 0 unspecified atom stereocenters. The maximum Gasteiger partial charge on any atom is 0.264 e. The fourth-order valence-corrected chi connectivity index (χ4v) is 5.16. The predicted molar refractivity (Wildman–Crippen MR) is 124 cm³/mol. The number of benzene rings is 2. The Balaban J connectivity index is 1.35. The third-order valence-electron chi connectivity index (χ3n) is 5.73. The number of phenolic OH excluding ortho intramolecular Hbond substituents is 1. The average molecular weight is 430 g/mol. The zero-order valence-corrected chi connectivity index (χ0v) is 18.1. The summed E-state index contributed by atoms with van der Waals surface area (Å²) in [6, 6.07) is 19.5. The van der Waals surface area contributed by atoms with Gasteiger partial charge in [-0.3, -0.25) is 9.48 Å². The van der Waals surface area contributed by atoms with Crippen LogP contribution in [0.15, 0.2) is 66.7 Å². The van der Waals surface area contributed by atoms with Gasteiger partial charge in [-0.25, -0.2) is 0 Å². The number of rotatable bonds is 4. The first-order valence-electron chi connectivity index (χ1n) is 10.4. The van der Waals surface area contributed by atoms with Crippen molar-refractivity contribution in [2.24, 2.45) is 0 Å². The second-order valence-electron chi connectivity index (χ2n) is 7.84. The monoisotopic (exact) mass is 429 g/mol. The van der Waals surface area contributed by atoms with E-state index in [1.165, 1.54) is 22.5 Å². The predicted octanol–water partition coefficient (Wildman–Crippen LogP) is 5.09. The molecule has 0 atom stereocenters. The summed E-state index contributed by atoms with van der Waals surface area (Å²) < 4.78 is 2.00. The average Bonchev–Trinajstić information content (AvgIpc) is 3.36. The van der Waals surface area contributed by atoms with Gasteiger partial charge in [0.2, 0.25) is 0 Å². The highest BCUT2D eigenvalue weighted by atomic mass is 32.1.